The minimum Gasteiger partial charge on any atom is -0.466 e. The largest absolute Gasteiger partial charge is 0.466 e. The Labute approximate surface area is 119 Å². The van der Waals surface area contributed by atoms with Crippen molar-refractivity contribution in [3.05, 3.63) is 0 Å². The molecule has 0 aromatic heterocycles. The number of nitrogens with zero attached hydrogens (tertiary/aromatic N) is 1. The van der Waals surface area contributed by atoms with Crippen LogP contribution in [0.5, 0.6) is 0 Å². The van der Waals surface area contributed by atoms with Crippen LogP contribution in [0.25, 0.3) is 0 Å². The first kappa shape index (κ1) is 18.4. The molecule has 0 spiro atoms. The average Bonchev–Trinajstić information content (AvgIpc) is 2.39. The quantitative estimate of drug-likeness (QED) is 0.397. The Balaban J connectivity index is 3.53. The molecule has 0 rings (SSSR count). The fourth-order valence-corrected chi connectivity index (χ4v) is 2.34. The lowest BCUT2D eigenvalue weighted by atomic mass is 10.1. The van der Waals surface area contributed by atoms with E-state index in [1.807, 2.05) is 0 Å². The van der Waals surface area contributed by atoms with Gasteiger partial charge >= 0.3 is 5.97 Å². The summed E-state index contributed by atoms with van der Waals surface area (Å²) >= 11 is 0. The Kier molecular flexibility index (Phi) is 12.1. The molecule has 0 aromatic carbocycles. The van der Waals surface area contributed by atoms with E-state index in [1.165, 1.54) is 32.1 Å². The van der Waals surface area contributed by atoms with Crippen LogP contribution in [0.3, 0.4) is 0 Å². The monoisotopic (exact) mass is 271 g/mol. The summed E-state index contributed by atoms with van der Waals surface area (Å²) in [7, 11) is 0. The molecule has 0 aliphatic carbocycles. The average molecular weight is 271 g/mol. The fourth-order valence-electron chi connectivity index (χ4n) is 2.34. The summed E-state index contributed by atoms with van der Waals surface area (Å²) < 4.78 is 5.29. The van der Waals surface area contributed by atoms with E-state index in [9.17, 15) is 4.79 Å². The van der Waals surface area contributed by atoms with E-state index in [-0.39, 0.29) is 12.0 Å². The molecule has 19 heavy (non-hydrogen) atoms. The first-order chi connectivity index (χ1) is 9.15. The molecule has 0 saturated heterocycles. The lowest BCUT2D eigenvalue weighted by Gasteiger charge is -2.25. The van der Waals surface area contributed by atoms with Crippen LogP contribution in [0.2, 0.25) is 0 Å². The lowest BCUT2D eigenvalue weighted by Crippen LogP contribution is -2.34. The van der Waals surface area contributed by atoms with Gasteiger partial charge in [-0.05, 0) is 26.4 Å². The predicted octanol–water partition coefficient (Wildman–Crippen LogP) is 4.01. The van der Waals surface area contributed by atoms with Gasteiger partial charge in [-0.2, -0.15) is 0 Å². The van der Waals surface area contributed by atoms with Crippen molar-refractivity contribution >= 4 is 5.97 Å². The van der Waals surface area contributed by atoms with Crippen molar-refractivity contribution in [1.29, 1.82) is 0 Å². The normalized spacial score (nSPS) is 12.7. The highest BCUT2D eigenvalue weighted by atomic mass is 16.5. The Morgan fingerprint density at radius 1 is 1.00 bits per heavy atom. The zero-order valence-corrected chi connectivity index (χ0v) is 13.4. The number of hydrogen-bond acceptors (Lipinski definition) is 3. The van der Waals surface area contributed by atoms with Gasteiger partial charge in [0.1, 0.15) is 0 Å². The standard InChI is InChI=1S/C16H33NO2/c1-5-8-9-10-11-12-13-19-16(18)14-15(4)17(6-2)7-3/h15H,5-14H2,1-4H3. The molecule has 0 amide bonds. The van der Waals surface area contributed by atoms with Crippen molar-refractivity contribution in [3.8, 4) is 0 Å². The van der Waals surface area contributed by atoms with E-state index >= 15 is 0 Å². The van der Waals surface area contributed by atoms with Crippen molar-refractivity contribution in [3.63, 3.8) is 0 Å². The maximum Gasteiger partial charge on any atom is 0.307 e. The van der Waals surface area contributed by atoms with Crippen molar-refractivity contribution < 1.29 is 9.53 Å². The first-order valence-corrected chi connectivity index (χ1v) is 8.05. The minimum absolute atomic E-state index is 0.0482. The highest BCUT2D eigenvalue weighted by Gasteiger charge is 2.15. The second-order valence-corrected chi connectivity index (χ2v) is 5.26. The molecular formula is C16H33NO2. The van der Waals surface area contributed by atoms with Gasteiger partial charge in [0.25, 0.3) is 0 Å². The van der Waals surface area contributed by atoms with E-state index in [0.717, 1.165) is 19.5 Å². The molecule has 0 N–H and O–H groups in total. The number of hydrogen-bond donors (Lipinski definition) is 0. The van der Waals surface area contributed by atoms with Crippen LogP contribution in [0.15, 0.2) is 0 Å². The van der Waals surface area contributed by atoms with Gasteiger partial charge in [0.05, 0.1) is 13.0 Å². The van der Waals surface area contributed by atoms with E-state index < -0.39 is 0 Å². The molecule has 0 aromatic rings. The van der Waals surface area contributed by atoms with Gasteiger partial charge in [-0.25, -0.2) is 0 Å². The van der Waals surface area contributed by atoms with Crippen LogP contribution in [0.1, 0.15) is 72.6 Å². The summed E-state index contributed by atoms with van der Waals surface area (Å²) in [5.74, 6) is -0.0482. The van der Waals surface area contributed by atoms with Crippen LogP contribution >= 0.6 is 0 Å². The van der Waals surface area contributed by atoms with Crippen LogP contribution in [-0.4, -0.2) is 36.6 Å². The van der Waals surface area contributed by atoms with Crippen molar-refractivity contribution in [2.45, 2.75) is 78.7 Å². The molecule has 1 atom stereocenters. The summed E-state index contributed by atoms with van der Waals surface area (Å²) in [5.41, 5.74) is 0. The molecule has 3 heteroatoms. The minimum atomic E-state index is -0.0482. The Morgan fingerprint density at radius 3 is 2.16 bits per heavy atom. The summed E-state index contributed by atoms with van der Waals surface area (Å²) in [6.07, 6.45) is 7.87. The fraction of sp³-hybridized carbons (Fsp3) is 0.938. The SMILES string of the molecule is CCCCCCCCOC(=O)CC(C)N(CC)CC. The topological polar surface area (TPSA) is 29.5 Å². The molecular weight excluding hydrogens is 238 g/mol. The third-order valence-corrected chi connectivity index (χ3v) is 3.66. The molecule has 114 valence electrons. The molecule has 1 unspecified atom stereocenters. The second-order valence-electron chi connectivity index (χ2n) is 5.26. The molecule has 0 aliphatic heterocycles. The Morgan fingerprint density at radius 2 is 1.58 bits per heavy atom. The maximum atomic E-state index is 11.7. The highest BCUT2D eigenvalue weighted by Crippen LogP contribution is 2.07. The number of esters is 1. The zero-order valence-electron chi connectivity index (χ0n) is 13.4. The smallest absolute Gasteiger partial charge is 0.307 e. The lowest BCUT2D eigenvalue weighted by molar-refractivity contribution is -0.145. The maximum absolute atomic E-state index is 11.7. The summed E-state index contributed by atoms with van der Waals surface area (Å²) in [4.78, 5) is 14.0. The van der Waals surface area contributed by atoms with Gasteiger partial charge < -0.3 is 9.64 Å². The number of carbonyl (C=O) groups is 1. The van der Waals surface area contributed by atoms with Gasteiger partial charge in [-0.15, -0.1) is 0 Å². The molecule has 0 fully saturated rings. The van der Waals surface area contributed by atoms with E-state index in [1.54, 1.807) is 0 Å². The molecule has 0 aliphatic rings. The highest BCUT2D eigenvalue weighted by molar-refractivity contribution is 5.70. The second kappa shape index (κ2) is 12.5. The predicted molar refractivity (Wildman–Crippen MR) is 81.3 cm³/mol. The number of unbranched alkanes of at least 4 members (excludes halogenated alkanes) is 5. The number of rotatable bonds is 12. The molecule has 0 bridgehead atoms. The van der Waals surface area contributed by atoms with Crippen molar-refractivity contribution in [2.75, 3.05) is 19.7 Å². The number of carbonyl (C=O) groups excluding carboxylic acids is 1. The third-order valence-electron chi connectivity index (χ3n) is 3.66. The molecule has 0 heterocycles. The van der Waals surface area contributed by atoms with Crippen molar-refractivity contribution in [1.82, 2.24) is 4.90 Å². The van der Waals surface area contributed by atoms with E-state index in [0.29, 0.717) is 13.0 Å². The van der Waals surface area contributed by atoms with Crippen LogP contribution < -0.4 is 0 Å². The summed E-state index contributed by atoms with van der Waals surface area (Å²) in [6, 6.07) is 0.284. The van der Waals surface area contributed by atoms with Gasteiger partial charge in [-0.1, -0.05) is 52.9 Å². The number of ether oxygens (including phenoxy) is 1. The van der Waals surface area contributed by atoms with Crippen LogP contribution in [0.4, 0.5) is 0 Å². The van der Waals surface area contributed by atoms with Crippen molar-refractivity contribution in [2.24, 2.45) is 0 Å². The first-order valence-electron chi connectivity index (χ1n) is 8.05. The molecule has 3 nitrogen and oxygen atoms in total. The Hall–Kier alpha value is -0.570. The van der Waals surface area contributed by atoms with Gasteiger partial charge in [0.15, 0.2) is 0 Å². The van der Waals surface area contributed by atoms with E-state index in [2.05, 4.69) is 32.6 Å². The van der Waals surface area contributed by atoms with E-state index in [4.69, 9.17) is 4.74 Å². The molecule has 0 radical (unpaired) electrons. The van der Waals surface area contributed by atoms with Gasteiger partial charge in [0, 0.05) is 6.04 Å². The third kappa shape index (κ3) is 9.94. The molecule has 0 saturated carbocycles. The Bertz CT molecular complexity index is 215. The van der Waals surface area contributed by atoms with Gasteiger partial charge in [0.2, 0.25) is 0 Å². The van der Waals surface area contributed by atoms with Crippen LogP contribution in [-0.2, 0) is 9.53 Å². The summed E-state index contributed by atoms with van der Waals surface area (Å²) in [6.45, 7) is 11.1. The zero-order chi connectivity index (χ0) is 14.5. The van der Waals surface area contributed by atoms with Crippen LogP contribution in [0, 0.1) is 0 Å². The van der Waals surface area contributed by atoms with Gasteiger partial charge in [-0.3, -0.25) is 4.79 Å². The summed E-state index contributed by atoms with van der Waals surface area (Å²) in [5, 5.41) is 0.